The van der Waals surface area contributed by atoms with Crippen LogP contribution in [0, 0.1) is 5.92 Å². The molecule has 0 saturated heterocycles. The molecule has 0 fully saturated rings. The van der Waals surface area contributed by atoms with Crippen LogP contribution >= 0.6 is 12.6 Å². The summed E-state index contributed by atoms with van der Waals surface area (Å²) in [4.78, 5) is 60.2. The molecule has 4 unspecified atom stereocenters. The van der Waals surface area contributed by atoms with Gasteiger partial charge in [-0.15, -0.1) is 0 Å². The number of amides is 3. The monoisotopic (exact) mass is 491 g/mol. The first-order valence-electron chi connectivity index (χ1n) is 10.8. The number of thiol groups is 1. The summed E-state index contributed by atoms with van der Waals surface area (Å²) >= 11 is 3.92. The molecule has 13 heteroatoms. The normalized spacial score (nSPS) is 14.6. The van der Waals surface area contributed by atoms with Crippen molar-refractivity contribution in [1.82, 2.24) is 16.0 Å². The molecule has 0 rings (SSSR count). The molecular formula is C20H37N5O7S. The van der Waals surface area contributed by atoms with Crippen molar-refractivity contribution in [3.05, 3.63) is 0 Å². The summed E-state index contributed by atoms with van der Waals surface area (Å²) in [5.74, 6) is -4.55. The van der Waals surface area contributed by atoms with Crippen LogP contribution in [0.3, 0.4) is 0 Å². The van der Waals surface area contributed by atoms with E-state index in [9.17, 15) is 29.1 Å². The number of aliphatic carboxylic acids is 2. The van der Waals surface area contributed by atoms with Gasteiger partial charge in [0.2, 0.25) is 17.7 Å². The zero-order valence-electron chi connectivity index (χ0n) is 19.1. The number of carboxylic acids is 2. The summed E-state index contributed by atoms with van der Waals surface area (Å²) in [6, 6.07) is -4.49. The highest BCUT2D eigenvalue weighted by Crippen LogP contribution is 2.09. The first-order chi connectivity index (χ1) is 15.4. The SMILES string of the molecule is CC(C)CC(NC(=O)C(CCC(=O)O)NC(=O)C(N)CS)C(=O)NC(CCCCN)C(=O)O. The number of nitrogens with two attached hydrogens (primary N) is 2. The van der Waals surface area contributed by atoms with Crippen LogP contribution in [0.25, 0.3) is 0 Å². The van der Waals surface area contributed by atoms with E-state index in [4.69, 9.17) is 16.6 Å². The van der Waals surface area contributed by atoms with Gasteiger partial charge >= 0.3 is 11.9 Å². The van der Waals surface area contributed by atoms with Gasteiger partial charge in [0.1, 0.15) is 18.1 Å². The predicted molar refractivity (Wildman–Crippen MR) is 124 cm³/mol. The Balaban J connectivity index is 5.45. The van der Waals surface area contributed by atoms with Crippen molar-refractivity contribution in [2.75, 3.05) is 12.3 Å². The number of rotatable bonds is 17. The third-order valence-electron chi connectivity index (χ3n) is 4.71. The number of hydrogen-bond donors (Lipinski definition) is 8. The Morgan fingerprint density at radius 1 is 0.848 bits per heavy atom. The van der Waals surface area contributed by atoms with E-state index in [2.05, 4.69) is 28.6 Å². The predicted octanol–water partition coefficient (Wildman–Crippen LogP) is -1.18. The van der Waals surface area contributed by atoms with E-state index >= 15 is 0 Å². The summed E-state index contributed by atoms with van der Waals surface area (Å²) < 4.78 is 0. The van der Waals surface area contributed by atoms with Crippen molar-refractivity contribution in [1.29, 1.82) is 0 Å². The standard InChI is InChI=1S/C20H37N5O7S/c1-11(2)9-15(19(30)24-14(20(31)32)5-3-4-8-21)25-18(29)13(6-7-16(26)27)23-17(28)12(22)10-33/h11-15,33H,3-10,21-22H2,1-2H3,(H,23,28)(H,24,30)(H,25,29)(H,26,27)(H,31,32). The van der Waals surface area contributed by atoms with Crippen LogP contribution in [0.1, 0.15) is 52.4 Å². The fraction of sp³-hybridized carbons (Fsp3) is 0.750. The van der Waals surface area contributed by atoms with Crippen LogP contribution in [-0.2, 0) is 24.0 Å². The molecule has 4 atom stereocenters. The van der Waals surface area contributed by atoms with Gasteiger partial charge in [0.25, 0.3) is 0 Å². The first-order valence-corrected chi connectivity index (χ1v) is 11.5. The lowest BCUT2D eigenvalue weighted by molar-refractivity contribution is -0.142. The third-order valence-corrected chi connectivity index (χ3v) is 5.11. The van der Waals surface area contributed by atoms with Crippen molar-refractivity contribution in [2.24, 2.45) is 17.4 Å². The lowest BCUT2D eigenvalue weighted by Gasteiger charge is -2.26. The highest BCUT2D eigenvalue weighted by molar-refractivity contribution is 7.80. The largest absolute Gasteiger partial charge is 0.481 e. The van der Waals surface area contributed by atoms with Gasteiger partial charge in [0.15, 0.2) is 0 Å². The van der Waals surface area contributed by atoms with Crippen LogP contribution in [0.4, 0.5) is 0 Å². The summed E-state index contributed by atoms with van der Waals surface area (Å²) in [6.45, 7) is 4.03. The van der Waals surface area contributed by atoms with Gasteiger partial charge in [-0.05, 0) is 44.6 Å². The number of hydrogen-bond acceptors (Lipinski definition) is 8. The van der Waals surface area contributed by atoms with Crippen molar-refractivity contribution >= 4 is 42.3 Å². The van der Waals surface area contributed by atoms with Gasteiger partial charge in [-0.1, -0.05) is 13.8 Å². The molecule has 0 aliphatic heterocycles. The fourth-order valence-corrected chi connectivity index (χ4v) is 3.06. The van der Waals surface area contributed by atoms with E-state index in [0.717, 1.165) is 0 Å². The van der Waals surface area contributed by atoms with Crippen molar-refractivity contribution in [2.45, 2.75) is 76.5 Å². The fourth-order valence-electron chi connectivity index (χ4n) is 2.90. The van der Waals surface area contributed by atoms with Gasteiger partial charge in [0.05, 0.1) is 6.04 Å². The lowest BCUT2D eigenvalue weighted by Crippen LogP contribution is -2.57. The van der Waals surface area contributed by atoms with Crippen LogP contribution < -0.4 is 27.4 Å². The minimum Gasteiger partial charge on any atom is -0.481 e. The minimum atomic E-state index is -1.25. The maximum atomic E-state index is 12.8. The number of carboxylic acid groups (broad SMARTS) is 2. The molecule has 0 radical (unpaired) electrons. The smallest absolute Gasteiger partial charge is 0.326 e. The Bertz CT molecular complexity index is 677. The van der Waals surface area contributed by atoms with Gasteiger partial charge in [0, 0.05) is 12.2 Å². The van der Waals surface area contributed by atoms with Gasteiger partial charge in [-0.3, -0.25) is 19.2 Å². The van der Waals surface area contributed by atoms with Crippen LogP contribution in [0.15, 0.2) is 0 Å². The van der Waals surface area contributed by atoms with Gasteiger partial charge in [-0.25, -0.2) is 4.79 Å². The molecule has 0 saturated carbocycles. The summed E-state index contributed by atoms with van der Waals surface area (Å²) in [5, 5.41) is 25.7. The molecule has 0 spiro atoms. The Labute approximate surface area is 199 Å². The molecule has 0 aliphatic rings. The quantitative estimate of drug-likeness (QED) is 0.0906. The molecule has 0 heterocycles. The summed E-state index contributed by atoms with van der Waals surface area (Å²) in [6.07, 6.45) is 0.855. The first kappa shape index (κ1) is 30.6. The van der Waals surface area contributed by atoms with E-state index in [0.29, 0.717) is 19.4 Å². The van der Waals surface area contributed by atoms with Crippen molar-refractivity contribution in [3.8, 4) is 0 Å². The number of carbonyl (C=O) groups excluding carboxylic acids is 3. The van der Waals surface area contributed by atoms with Gasteiger partial charge < -0.3 is 37.6 Å². The lowest BCUT2D eigenvalue weighted by atomic mass is 10.0. The molecule has 3 amide bonds. The van der Waals surface area contributed by atoms with Crippen LogP contribution in [0.5, 0.6) is 0 Å². The van der Waals surface area contributed by atoms with Gasteiger partial charge in [-0.2, -0.15) is 12.6 Å². The second-order valence-corrected chi connectivity index (χ2v) is 8.52. The minimum absolute atomic E-state index is 0.0121. The van der Waals surface area contributed by atoms with E-state index < -0.39 is 60.2 Å². The Morgan fingerprint density at radius 2 is 1.39 bits per heavy atom. The number of nitrogens with one attached hydrogen (secondary N) is 3. The zero-order chi connectivity index (χ0) is 25.6. The average molecular weight is 492 g/mol. The highest BCUT2D eigenvalue weighted by Gasteiger charge is 2.30. The summed E-state index contributed by atoms with van der Waals surface area (Å²) in [5.41, 5.74) is 11.0. The second-order valence-electron chi connectivity index (χ2n) is 8.16. The second kappa shape index (κ2) is 16.3. The van der Waals surface area contributed by atoms with Crippen molar-refractivity contribution in [3.63, 3.8) is 0 Å². The Morgan fingerprint density at radius 3 is 1.88 bits per heavy atom. The molecule has 0 aromatic rings. The number of carbonyl (C=O) groups is 5. The van der Waals surface area contributed by atoms with E-state index in [-0.39, 0.29) is 30.9 Å². The van der Waals surface area contributed by atoms with Crippen LogP contribution in [-0.4, -0.2) is 76.3 Å². The zero-order valence-corrected chi connectivity index (χ0v) is 20.0. The molecule has 0 aliphatic carbocycles. The molecule has 9 N–H and O–H groups in total. The number of unbranched alkanes of at least 4 members (excludes halogenated alkanes) is 1. The third kappa shape index (κ3) is 13.0. The molecular weight excluding hydrogens is 454 g/mol. The Hall–Kier alpha value is -2.38. The average Bonchev–Trinajstić information content (AvgIpc) is 2.73. The molecule has 190 valence electrons. The maximum absolute atomic E-state index is 12.8. The van der Waals surface area contributed by atoms with Crippen molar-refractivity contribution < 1.29 is 34.2 Å². The molecule has 0 bridgehead atoms. The van der Waals surface area contributed by atoms with E-state index in [1.54, 1.807) is 0 Å². The highest BCUT2D eigenvalue weighted by atomic mass is 32.1. The molecule has 0 aromatic heterocycles. The Kier molecular flexibility index (Phi) is 15.1. The topological polar surface area (TPSA) is 214 Å². The van der Waals surface area contributed by atoms with Crippen LogP contribution in [0.2, 0.25) is 0 Å². The molecule has 12 nitrogen and oxygen atoms in total. The van der Waals surface area contributed by atoms with E-state index in [1.807, 2.05) is 13.8 Å². The maximum Gasteiger partial charge on any atom is 0.326 e. The summed E-state index contributed by atoms with van der Waals surface area (Å²) in [7, 11) is 0. The molecule has 33 heavy (non-hydrogen) atoms. The molecule has 0 aromatic carbocycles. The van der Waals surface area contributed by atoms with E-state index in [1.165, 1.54) is 0 Å².